The monoisotopic (exact) mass is 354 g/mol. The van der Waals surface area contributed by atoms with Gasteiger partial charge in [-0.3, -0.25) is 9.59 Å². The summed E-state index contributed by atoms with van der Waals surface area (Å²) in [4.78, 5) is 22.6. The van der Waals surface area contributed by atoms with Crippen LogP contribution in [0.4, 0.5) is 4.39 Å². The summed E-state index contributed by atoms with van der Waals surface area (Å²) < 4.78 is 13.1. The standard InChI is InChI=1S/C13H13FO2.C6H14O3/c1-8-4-9(2-3-13(8)14)10-5-11(15)7-12(16)6-10;1-2-6(3-7,4-8)5-9/h2-4,10H,5-7H2,1H3;7-9H,2-5H2,1H3. The van der Waals surface area contributed by atoms with Gasteiger partial charge in [-0.2, -0.15) is 0 Å². The zero-order valence-corrected chi connectivity index (χ0v) is 14.8. The Morgan fingerprint density at radius 1 is 1.08 bits per heavy atom. The predicted octanol–water partition coefficient (Wildman–Crippen LogP) is 1.90. The molecule has 0 bridgehead atoms. The zero-order chi connectivity index (χ0) is 19.0. The molecule has 25 heavy (non-hydrogen) atoms. The Bertz CT molecular complexity index is 562. The molecule has 0 amide bonds. The van der Waals surface area contributed by atoms with Crippen molar-refractivity contribution < 1.29 is 29.3 Å². The van der Waals surface area contributed by atoms with E-state index in [1.54, 1.807) is 19.1 Å². The molecule has 2 rings (SSSR count). The Morgan fingerprint density at radius 2 is 1.60 bits per heavy atom. The molecule has 0 unspecified atom stereocenters. The Morgan fingerprint density at radius 3 is 1.96 bits per heavy atom. The number of benzene rings is 1. The molecule has 0 atom stereocenters. The molecule has 0 saturated heterocycles. The summed E-state index contributed by atoms with van der Waals surface area (Å²) in [5.41, 5.74) is 0.781. The lowest BCUT2D eigenvalue weighted by Crippen LogP contribution is -2.32. The molecule has 1 aliphatic rings. The van der Waals surface area contributed by atoms with Gasteiger partial charge in [0.15, 0.2) is 0 Å². The van der Waals surface area contributed by atoms with Gasteiger partial charge < -0.3 is 15.3 Å². The van der Waals surface area contributed by atoms with E-state index in [-0.39, 0.29) is 49.5 Å². The van der Waals surface area contributed by atoms with Crippen molar-refractivity contribution in [2.75, 3.05) is 19.8 Å². The quantitative estimate of drug-likeness (QED) is 0.702. The van der Waals surface area contributed by atoms with Crippen LogP contribution in [0.15, 0.2) is 18.2 Å². The molecule has 140 valence electrons. The highest BCUT2D eigenvalue weighted by molar-refractivity contribution is 6.02. The van der Waals surface area contributed by atoms with Crippen molar-refractivity contribution in [3.05, 3.63) is 35.1 Å². The third kappa shape index (κ3) is 5.99. The van der Waals surface area contributed by atoms with Gasteiger partial charge in [-0.25, -0.2) is 4.39 Å². The van der Waals surface area contributed by atoms with Gasteiger partial charge in [-0.1, -0.05) is 19.1 Å². The highest BCUT2D eigenvalue weighted by Crippen LogP contribution is 2.30. The lowest BCUT2D eigenvalue weighted by molar-refractivity contribution is -0.130. The highest BCUT2D eigenvalue weighted by Gasteiger charge is 2.26. The Labute approximate surface area is 147 Å². The van der Waals surface area contributed by atoms with Crippen LogP contribution in [0.5, 0.6) is 0 Å². The molecule has 0 radical (unpaired) electrons. The van der Waals surface area contributed by atoms with Crippen molar-refractivity contribution in [2.24, 2.45) is 5.41 Å². The number of aliphatic hydroxyl groups is 3. The Balaban J connectivity index is 0.000000299. The molecule has 5 nitrogen and oxygen atoms in total. The molecular weight excluding hydrogens is 327 g/mol. The molecule has 0 spiro atoms. The molecule has 0 aromatic heterocycles. The number of aliphatic hydroxyl groups excluding tert-OH is 3. The van der Waals surface area contributed by atoms with Gasteiger partial charge in [0, 0.05) is 18.3 Å². The van der Waals surface area contributed by atoms with E-state index in [9.17, 15) is 14.0 Å². The van der Waals surface area contributed by atoms with E-state index in [1.165, 1.54) is 6.07 Å². The molecule has 0 aliphatic heterocycles. The number of halogens is 1. The average Bonchev–Trinajstić information content (AvgIpc) is 2.60. The third-order valence-electron chi connectivity index (χ3n) is 4.75. The number of ketones is 2. The SMILES string of the molecule is CCC(CO)(CO)CO.Cc1cc(C2CC(=O)CC(=O)C2)ccc1F. The molecular formula is C19H27FO5. The van der Waals surface area contributed by atoms with Crippen LogP contribution >= 0.6 is 0 Å². The topological polar surface area (TPSA) is 94.8 Å². The molecule has 3 N–H and O–H groups in total. The van der Waals surface area contributed by atoms with Crippen LogP contribution in [0.1, 0.15) is 49.7 Å². The number of rotatable bonds is 5. The molecule has 0 heterocycles. The van der Waals surface area contributed by atoms with E-state index >= 15 is 0 Å². The summed E-state index contributed by atoms with van der Waals surface area (Å²) in [5.74, 6) is -0.336. The van der Waals surface area contributed by atoms with Crippen molar-refractivity contribution >= 4 is 11.6 Å². The minimum atomic E-state index is -0.667. The molecule has 1 fully saturated rings. The van der Waals surface area contributed by atoms with E-state index < -0.39 is 5.41 Å². The molecule has 1 saturated carbocycles. The fraction of sp³-hybridized carbons (Fsp3) is 0.579. The normalized spacial score (nSPS) is 15.8. The number of carbonyl (C=O) groups is 2. The first-order chi connectivity index (χ1) is 11.8. The Kier molecular flexibility index (Phi) is 8.35. The van der Waals surface area contributed by atoms with Crippen molar-refractivity contribution in [2.45, 2.75) is 45.4 Å². The molecule has 6 heteroatoms. The smallest absolute Gasteiger partial charge is 0.140 e. The summed E-state index contributed by atoms with van der Waals surface area (Å²) in [6.07, 6.45) is 1.46. The predicted molar refractivity (Wildman–Crippen MR) is 91.7 cm³/mol. The summed E-state index contributed by atoms with van der Waals surface area (Å²) >= 11 is 0. The van der Waals surface area contributed by atoms with Gasteiger partial charge in [0.1, 0.15) is 17.4 Å². The first-order valence-corrected chi connectivity index (χ1v) is 8.42. The maximum Gasteiger partial charge on any atom is 0.140 e. The van der Waals surface area contributed by atoms with Gasteiger partial charge >= 0.3 is 0 Å². The van der Waals surface area contributed by atoms with Crippen LogP contribution in [-0.2, 0) is 9.59 Å². The third-order valence-corrected chi connectivity index (χ3v) is 4.75. The van der Waals surface area contributed by atoms with Crippen molar-refractivity contribution in [3.8, 4) is 0 Å². The summed E-state index contributed by atoms with van der Waals surface area (Å²) in [6, 6.07) is 4.79. The largest absolute Gasteiger partial charge is 0.396 e. The van der Waals surface area contributed by atoms with Crippen LogP contribution in [0, 0.1) is 18.2 Å². The van der Waals surface area contributed by atoms with Crippen LogP contribution < -0.4 is 0 Å². The number of Topliss-reactive ketones (excluding diaryl/α,β-unsaturated/α-hetero) is 2. The van der Waals surface area contributed by atoms with E-state index in [4.69, 9.17) is 15.3 Å². The molecule has 1 aliphatic carbocycles. The minimum Gasteiger partial charge on any atom is -0.396 e. The summed E-state index contributed by atoms with van der Waals surface area (Å²) in [6.45, 7) is 3.04. The van der Waals surface area contributed by atoms with Crippen LogP contribution in [0.2, 0.25) is 0 Å². The molecule has 1 aromatic rings. The first-order valence-electron chi connectivity index (χ1n) is 8.42. The summed E-state index contributed by atoms with van der Waals surface area (Å²) in [7, 11) is 0. The average molecular weight is 354 g/mol. The van der Waals surface area contributed by atoms with Crippen molar-refractivity contribution in [1.82, 2.24) is 0 Å². The van der Waals surface area contributed by atoms with Gasteiger partial charge in [0.05, 0.1) is 26.2 Å². The number of carbonyl (C=O) groups excluding carboxylic acids is 2. The van der Waals surface area contributed by atoms with Crippen LogP contribution in [-0.4, -0.2) is 46.7 Å². The van der Waals surface area contributed by atoms with Crippen LogP contribution in [0.3, 0.4) is 0 Å². The van der Waals surface area contributed by atoms with Gasteiger partial charge in [0.2, 0.25) is 0 Å². The Hall–Kier alpha value is -1.63. The lowest BCUT2D eigenvalue weighted by atomic mass is 9.82. The fourth-order valence-corrected chi connectivity index (χ4v) is 2.63. The maximum atomic E-state index is 13.1. The first kappa shape index (κ1) is 21.4. The number of hydrogen-bond donors (Lipinski definition) is 3. The van der Waals surface area contributed by atoms with Crippen molar-refractivity contribution in [3.63, 3.8) is 0 Å². The highest BCUT2D eigenvalue weighted by atomic mass is 19.1. The van der Waals surface area contributed by atoms with Crippen molar-refractivity contribution in [1.29, 1.82) is 0 Å². The van der Waals surface area contributed by atoms with E-state index in [0.29, 0.717) is 24.8 Å². The van der Waals surface area contributed by atoms with E-state index in [1.807, 2.05) is 6.92 Å². The van der Waals surface area contributed by atoms with Crippen LogP contribution in [0.25, 0.3) is 0 Å². The summed E-state index contributed by atoms with van der Waals surface area (Å²) in [5, 5.41) is 26.0. The second-order valence-corrected chi connectivity index (χ2v) is 6.70. The number of aryl methyl sites for hydroxylation is 1. The lowest BCUT2D eigenvalue weighted by Gasteiger charge is -2.24. The van der Waals surface area contributed by atoms with E-state index in [2.05, 4.69) is 0 Å². The van der Waals surface area contributed by atoms with Gasteiger partial charge in [0.25, 0.3) is 0 Å². The second-order valence-electron chi connectivity index (χ2n) is 6.70. The number of hydrogen-bond acceptors (Lipinski definition) is 5. The fourth-order valence-electron chi connectivity index (χ4n) is 2.63. The second kappa shape index (κ2) is 9.75. The zero-order valence-electron chi connectivity index (χ0n) is 14.8. The van der Waals surface area contributed by atoms with Gasteiger partial charge in [-0.05, 0) is 36.5 Å². The molecule has 1 aromatic carbocycles. The minimum absolute atomic E-state index is 0.0109. The van der Waals surface area contributed by atoms with Gasteiger partial charge in [-0.15, -0.1) is 0 Å². The van der Waals surface area contributed by atoms with E-state index in [0.717, 1.165) is 5.56 Å². The maximum absolute atomic E-state index is 13.1.